The summed E-state index contributed by atoms with van der Waals surface area (Å²) in [6.45, 7) is 4.56. The lowest BCUT2D eigenvalue weighted by Crippen LogP contribution is -2.20. The molecule has 1 heteroatoms. The van der Waals surface area contributed by atoms with Gasteiger partial charge in [-0.25, -0.2) is 0 Å². The van der Waals surface area contributed by atoms with E-state index in [1.165, 1.54) is 51.7 Å². The molecule has 2 aliphatic rings. The predicted octanol–water partition coefficient (Wildman–Crippen LogP) is 4.79. The van der Waals surface area contributed by atoms with Gasteiger partial charge in [0.15, 0.2) is 0 Å². The van der Waals surface area contributed by atoms with Crippen molar-refractivity contribution in [3.8, 4) is 11.1 Å². The molecule has 3 aromatic carbocycles. The Hall–Kier alpha value is -2.28. The molecule has 0 saturated carbocycles. The van der Waals surface area contributed by atoms with E-state index in [1.54, 1.807) is 5.56 Å². The summed E-state index contributed by atoms with van der Waals surface area (Å²) in [6, 6.07) is 18.2. The Labute approximate surface area is 131 Å². The Balaban J connectivity index is 1.76. The van der Waals surface area contributed by atoms with Gasteiger partial charge in [-0.05, 0) is 58.0 Å². The SMILES string of the molecule is CCN1CCc2ccc3c(c21)Cc1cc2ccccc2cc1-3. The standard InChI is InChI=1S/C21H19N/c1-2-22-10-9-14-7-8-18-19-12-16-6-4-3-5-15(16)11-17(19)13-20(18)21(14)22/h3-8,11-12H,2,9-10,13H2,1H3. The summed E-state index contributed by atoms with van der Waals surface area (Å²) in [5.41, 5.74) is 9.02. The molecular formula is C21H19N. The van der Waals surface area contributed by atoms with Crippen molar-refractivity contribution in [3.05, 3.63) is 65.2 Å². The van der Waals surface area contributed by atoms with Crippen molar-refractivity contribution in [2.45, 2.75) is 19.8 Å². The monoisotopic (exact) mass is 285 g/mol. The number of rotatable bonds is 1. The smallest absolute Gasteiger partial charge is 0.0441 e. The van der Waals surface area contributed by atoms with Gasteiger partial charge in [-0.3, -0.25) is 0 Å². The molecule has 1 nitrogen and oxygen atoms in total. The van der Waals surface area contributed by atoms with Crippen LogP contribution in [0.4, 0.5) is 5.69 Å². The van der Waals surface area contributed by atoms with E-state index in [0.29, 0.717) is 0 Å². The zero-order valence-corrected chi connectivity index (χ0v) is 12.9. The minimum Gasteiger partial charge on any atom is -0.371 e. The van der Waals surface area contributed by atoms with Crippen molar-refractivity contribution in [1.82, 2.24) is 0 Å². The van der Waals surface area contributed by atoms with E-state index in [4.69, 9.17) is 0 Å². The molecule has 0 amide bonds. The summed E-state index contributed by atoms with van der Waals surface area (Å²) in [5.74, 6) is 0. The lowest BCUT2D eigenvalue weighted by atomic mass is 9.99. The molecule has 0 radical (unpaired) electrons. The summed E-state index contributed by atoms with van der Waals surface area (Å²) in [5, 5.41) is 2.71. The molecule has 0 atom stereocenters. The summed E-state index contributed by atoms with van der Waals surface area (Å²) >= 11 is 0. The van der Waals surface area contributed by atoms with Crippen LogP contribution in [0.2, 0.25) is 0 Å². The second-order valence-electron chi connectivity index (χ2n) is 6.46. The van der Waals surface area contributed by atoms with Gasteiger partial charge in [0.1, 0.15) is 0 Å². The highest BCUT2D eigenvalue weighted by atomic mass is 15.1. The molecule has 0 spiro atoms. The maximum atomic E-state index is 2.56. The highest BCUT2D eigenvalue weighted by molar-refractivity contribution is 5.93. The van der Waals surface area contributed by atoms with Crippen LogP contribution in [0, 0.1) is 0 Å². The Morgan fingerprint density at radius 3 is 2.55 bits per heavy atom. The molecule has 0 saturated heterocycles. The second kappa shape index (κ2) is 4.36. The first-order valence-electron chi connectivity index (χ1n) is 8.27. The number of nitrogens with zero attached hydrogens (tertiary/aromatic N) is 1. The zero-order chi connectivity index (χ0) is 14.7. The summed E-state index contributed by atoms with van der Waals surface area (Å²) in [4.78, 5) is 2.56. The van der Waals surface area contributed by atoms with E-state index in [-0.39, 0.29) is 0 Å². The number of hydrogen-bond donors (Lipinski definition) is 0. The minimum absolute atomic E-state index is 1.09. The lowest BCUT2D eigenvalue weighted by Gasteiger charge is -2.20. The average molecular weight is 285 g/mol. The average Bonchev–Trinajstić information content (AvgIpc) is 3.12. The van der Waals surface area contributed by atoms with Gasteiger partial charge in [-0.1, -0.05) is 42.5 Å². The quantitative estimate of drug-likeness (QED) is 0.486. The molecule has 0 fully saturated rings. The molecule has 1 heterocycles. The van der Waals surface area contributed by atoms with E-state index in [1.807, 2.05) is 0 Å². The van der Waals surface area contributed by atoms with Gasteiger partial charge in [-0.2, -0.15) is 0 Å². The molecule has 0 unspecified atom stereocenters. The Morgan fingerprint density at radius 2 is 1.73 bits per heavy atom. The first-order chi connectivity index (χ1) is 10.8. The fraction of sp³-hybridized carbons (Fsp3) is 0.238. The van der Waals surface area contributed by atoms with Crippen molar-refractivity contribution in [1.29, 1.82) is 0 Å². The van der Waals surface area contributed by atoms with Crippen LogP contribution in [0.5, 0.6) is 0 Å². The second-order valence-corrected chi connectivity index (χ2v) is 6.46. The fourth-order valence-corrected chi connectivity index (χ4v) is 4.27. The van der Waals surface area contributed by atoms with Crippen LogP contribution in [0.15, 0.2) is 48.5 Å². The van der Waals surface area contributed by atoms with Gasteiger partial charge in [0.05, 0.1) is 0 Å². The third-order valence-electron chi connectivity index (χ3n) is 5.34. The summed E-state index contributed by atoms with van der Waals surface area (Å²) in [6.07, 6.45) is 2.30. The minimum atomic E-state index is 1.09. The summed E-state index contributed by atoms with van der Waals surface area (Å²) in [7, 11) is 0. The topological polar surface area (TPSA) is 3.24 Å². The van der Waals surface area contributed by atoms with Crippen molar-refractivity contribution < 1.29 is 0 Å². The summed E-state index contributed by atoms with van der Waals surface area (Å²) < 4.78 is 0. The Kier molecular flexibility index (Phi) is 2.43. The number of likely N-dealkylation sites (N-methyl/N-ethyl adjacent to an activating group) is 1. The van der Waals surface area contributed by atoms with Gasteiger partial charge in [0.2, 0.25) is 0 Å². The molecule has 22 heavy (non-hydrogen) atoms. The van der Waals surface area contributed by atoms with E-state index in [0.717, 1.165) is 13.0 Å². The lowest BCUT2D eigenvalue weighted by molar-refractivity contribution is 0.865. The number of fused-ring (bicyclic) bond motifs is 6. The highest BCUT2D eigenvalue weighted by Crippen LogP contribution is 2.46. The maximum absolute atomic E-state index is 2.56. The third kappa shape index (κ3) is 1.54. The molecule has 1 aliphatic carbocycles. The van der Waals surface area contributed by atoms with Crippen molar-refractivity contribution >= 4 is 16.5 Å². The fourth-order valence-electron chi connectivity index (χ4n) is 4.27. The van der Waals surface area contributed by atoms with Crippen molar-refractivity contribution in [2.75, 3.05) is 18.0 Å². The number of benzene rings is 3. The largest absolute Gasteiger partial charge is 0.371 e. The predicted molar refractivity (Wildman–Crippen MR) is 93.8 cm³/mol. The van der Waals surface area contributed by atoms with E-state index in [9.17, 15) is 0 Å². The van der Waals surface area contributed by atoms with Gasteiger partial charge in [0, 0.05) is 25.2 Å². The molecule has 5 rings (SSSR count). The number of hydrogen-bond acceptors (Lipinski definition) is 1. The van der Waals surface area contributed by atoms with Crippen LogP contribution >= 0.6 is 0 Å². The van der Waals surface area contributed by atoms with Crippen LogP contribution < -0.4 is 4.90 Å². The van der Waals surface area contributed by atoms with Crippen LogP contribution in [0.1, 0.15) is 23.6 Å². The molecule has 0 aromatic heterocycles. The third-order valence-corrected chi connectivity index (χ3v) is 5.34. The zero-order valence-electron chi connectivity index (χ0n) is 12.9. The van der Waals surface area contributed by atoms with Crippen molar-refractivity contribution in [2.24, 2.45) is 0 Å². The maximum Gasteiger partial charge on any atom is 0.0441 e. The van der Waals surface area contributed by atoms with Crippen LogP contribution in [0.25, 0.3) is 21.9 Å². The van der Waals surface area contributed by atoms with Crippen LogP contribution in [-0.2, 0) is 12.8 Å². The normalized spacial score (nSPS) is 15.0. The molecular weight excluding hydrogens is 266 g/mol. The van der Waals surface area contributed by atoms with Crippen LogP contribution in [0.3, 0.4) is 0 Å². The van der Waals surface area contributed by atoms with E-state index >= 15 is 0 Å². The van der Waals surface area contributed by atoms with Crippen LogP contribution in [-0.4, -0.2) is 13.1 Å². The molecule has 3 aromatic rings. The van der Waals surface area contributed by atoms with Gasteiger partial charge >= 0.3 is 0 Å². The highest BCUT2D eigenvalue weighted by Gasteiger charge is 2.28. The Morgan fingerprint density at radius 1 is 0.909 bits per heavy atom. The Bertz CT molecular complexity index is 907. The van der Waals surface area contributed by atoms with Gasteiger partial charge in [0.25, 0.3) is 0 Å². The first kappa shape index (κ1) is 12.3. The van der Waals surface area contributed by atoms with Crippen molar-refractivity contribution in [3.63, 3.8) is 0 Å². The molecule has 0 bridgehead atoms. The molecule has 0 N–H and O–H groups in total. The molecule has 1 aliphatic heterocycles. The number of anilines is 1. The first-order valence-corrected chi connectivity index (χ1v) is 8.27. The van der Waals surface area contributed by atoms with Gasteiger partial charge in [-0.15, -0.1) is 0 Å². The van der Waals surface area contributed by atoms with Gasteiger partial charge < -0.3 is 4.90 Å². The van der Waals surface area contributed by atoms with E-state index < -0.39 is 0 Å². The van der Waals surface area contributed by atoms with E-state index in [2.05, 4.69) is 60.4 Å². The molecule has 108 valence electrons.